The Labute approximate surface area is 122 Å². The minimum Gasteiger partial charge on any atom is -0.478 e. The molecule has 0 aromatic heterocycles. The van der Waals surface area contributed by atoms with E-state index >= 15 is 0 Å². The van der Waals surface area contributed by atoms with Crippen molar-refractivity contribution in [2.45, 2.75) is 13.8 Å². The van der Waals surface area contributed by atoms with Crippen LogP contribution >= 0.6 is 15.9 Å². The first-order valence-electron chi connectivity index (χ1n) is 6.04. The van der Waals surface area contributed by atoms with Gasteiger partial charge in [0.05, 0.1) is 0 Å². The lowest BCUT2D eigenvalue weighted by atomic mass is 10.1. The number of carboxylic acid groups (broad SMARTS) is 1. The van der Waals surface area contributed by atoms with Crippen LogP contribution in [0, 0.1) is 0 Å². The van der Waals surface area contributed by atoms with E-state index in [2.05, 4.69) is 34.3 Å². The number of hydrogen-bond donors (Lipinski definition) is 1. The summed E-state index contributed by atoms with van der Waals surface area (Å²) >= 11 is 3.47. The van der Waals surface area contributed by atoms with Crippen molar-refractivity contribution in [2.75, 3.05) is 18.0 Å². The molecule has 1 N–H and O–H groups in total. The van der Waals surface area contributed by atoms with Crippen LogP contribution in [0.3, 0.4) is 0 Å². The largest absolute Gasteiger partial charge is 0.478 e. The third kappa shape index (κ3) is 4.91. The summed E-state index contributed by atoms with van der Waals surface area (Å²) in [5, 5.41) is 8.63. The van der Waals surface area contributed by atoms with Crippen molar-refractivity contribution in [1.82, 2.24) is 0 Å². The summed E-state index contributed by atoms with van der Waals surface area (Å²) in [4.78, 5) is 12.7. The SMILES string of the molecule is C=C(C)CN(CC)c1ccc(/C=C/C(=O)O)c(Br)c1. The number of rotatable bonds is 6. The second-order valence-corrected chi connectivity index (χ2v) is 5.20. The predicted molar refractivity (Wildman–Crippen MR) is 83.5 cm³/mol. The maximum atomic E-state index is 10.5. The first kappa shape index (κ1) is 15.5. The maximum Gasteiger partial charge on any atom is 0.328 e. The molecule has 0 atom stereocenters. The quantitative estimate of drug-likeness (QED) is 0.636. The van der Waals surface area contributed by atoms with Gasteiger partial charge < -0.3 is 10.0 Å². The molecule has 3 nitrogen and oxygen atoms in total. The van der Waals surface area contributed by atoms with Crippen LogP contribution in [0.1, 0.15) is 19.4 Å². The highest BCUT2D eigenvalue weighted by atomic mass is 79.9. The molecule has 0 amide bonds. The molecular formula is C15H18BrNO2. The molecule has 0 aliphatic carbocycles. The van der Waals surface area contributed by atoms with Crippen molar-refractivity contribution >= 4 is 33.7 Å². The molecule has 1 rings (SSSR count). The summed E-state index contributed by atoms with van der Waals surface area (Å²) in [7, 11) is 0. The second-order valence-electron chi connectivity index (χ2n) is 4.35. The molecule has 19 heavy (non-hydrogen) atoms. The van der Waals surface area contributed by atoms with E-state index in [1.807, 2.05) is 25.1 Å². The Morgan fingerprint density at radius 1 is 1.53 bits per heavy atom. The normalized spacial score (nSPS) is 10.7. The monoisotopic (exact) mass is 323 g/mol. The minimum atomic E-state index is -0.951. The first-order valence-corrected chi connectivity index (χ1v) is 6.83. The standard InChI is InChI=1S/C15H18BrNO2/c1-4-17(10-11(2)3)13-7-5-12(14(16)9-13)6-8-15(18)19/h5-9H,2,4,10H2,1,3H3,(H,18,19)/b8-6+. The van der Waals surface area contributed by atoms with Gasteiger partial charge in [-0.2, -0.15) is 0 Å². The van der Waals surface area contributed by atoms with Gasteiger partial charge in [0.25, 0.3) is 0 Å². The van der Waals surface area contributed by atoms with Gasteiger partial charge in [0.2, 0.25) is 0 Å². The Morgan fingerprint density at radius 3 is 2.68 bits per heavy atom. The molecule has 0 heterocycles. The molecule has 0 spiro atoms. The van der Waals surface area contributed by atoms with Gasteiger partial charge in [-0.05, 0) is 37.6 Å². The van der Waals surface area contributed by atoms with Crippen LogP contribution < -0.4 is 4.90 Å². The fraction of sp³-hybridized carbons (Fsp3) is 0.267. The van der Waals surface area contributed by atoms with Crippen LogP contribution in [0.4, 0.5) is 5.69 Å². The fourth-order valence-corrected chi connectivity index (χ4v) is 2.22. The lowest BCUT2D eigenvalue weighted by Gasteiger charge is -2.23. The highest BCUT2D eigenvalue weighted by Crippen LogP contribution is 2.25. The zero-order valence-electron chi connectivity index (χ0n) is 11.2. The predicted octanol–water partition coefficient (Wildman–Crippen LogP) is 3.95. The molecule has 0 aliphatic rings. The third-order valence-electron chi connectivity index (χ3n) is 2.60. The van der Waals surface area contributed by atoms with E-state index in [1.165, 1.54) is 0 Å². The smallest absolute Gasteiger partial charge is 0.328 e. The molecule has 0 aliphatic heterocycles. The molecule has 4 heteroatoms. The van der Waals surface area contributed by atoms with Crippen LogP contribution in [0.15, 0.2) is 40.9 Å². The third-order valence-corrected chi connectivity index (χ3v) is 3.28. The number of hydrogen-bond acceptors (Lipinski definition) is 2. The summed E-state index contributed by atoms with van der Waals surface area (Å²) in [6, 6.07) is 5.88. The van der Waals surface area contributed by atoms with Gasteiger partial charge in [-0.15, -0.1) is 0 Å². The number of nitrogens with zero attached hydrogens (tertiary/aromatic N) is 1. The lowest BCUT2D eigenvalue weighted by molar-refractivity contribution is -0.131. The van der Waals surface area contributed by atoms with Crippen molar-refractivity contribution in [3.05, 3.63) is 46.5 Å². The molecule has 1 aromatic carbocycles. The highest BCUT2D eigenvalue weighted by Gasteiger charge is 2.06. The van der Waals surface area contributed by atoms with Gasteiger partial charge in [-0.25, -0.2) is 4.79 Å². The molecule has 1 aromatic rings. The number of benzene rings is 1. The Hall–Kier alpha value is -1.55. The van der Waals surface area contributed by atoms with Crippen LogP contribution in [-0.2, 0) is 4.79 Å². The molecular weight excluding hydrogens is 306 g/mol. The molecule has 0 radical (unpaired) electrons. The number of carboxylic acids is 1. The van der Waals surface area contributed by atoms with Crippen molar-refractivity contribution in [3.63, 3.8) is 0 Å². The number of halogens is 1. The van der Waals surface area contributed by atoms with Gasteiger partial charge in [0.1, 0.15) is 0 Å². The Kier molecular flexibility index (Phi) is 5.83. The van der Waals surface area contributed by atoms with E-state index in [4.69, 9.17) is 5.11 Å². The van der Waals surface area contributed by atoms with Crippen molar-refractivity contribution in [2.24, 2.45) is 0 Å². The van der Waals surface area contributed by atoms with Crippen LogP contribution in [0.5, 0.6) is 0 Å². The van der Waals surface area contributed by atoms with Crippen molar-refractivity contribution in [1.29, 1.82) is 0 Å². The summed E-state index contributed by atoms with van der Waals surface area (Å²) in [6.07, 6.45) is 2.70. The second kappa shape index (κ2) is 7.14. The summed E-state index contributed by atoms with van der Waals surface area (Å²) in [6.45, 7) is 9.73. The Morgan fingerprint density at radius 2 is 2.21 bits per heavy atom. The van der Waals surface area contributed by atoms with Crippen molar-refractivity contribution < 1.29 is 9.90 Å². The van der Waals surface area contributed by atoms with Crippen LogP contribution in [0.2, 0.25) is 0 Å². The molecule has 102 valence electrons. The highest BCUT2D eigenvalue weighted by molar-refractivity contribution is 9.10. The molecule has 0 saturated carbocycles. The van der Waals surface area contributed by atoms with E-state index in [0.717, 1.165) is 40.5 Å². The summed E-state index contributed by atoms with van der Waals surface area (Å²) < 4.78 is 0.877. The summed E-state index contributed by atoms with van der Waals surface area (Å²) in [5.41, 5.74) is 3.04. The van der Waals surface area contributed by atoms with Crippen LogP contribution in [0.25, 0.3) is 6.08 Å². The Balaban J connectivity index is 2.97. The fourth-order valence-electron chi connectivity index (χ4n) is 1.72. The van der Waals surface area contributed by atoms with Gasteiger partial charge >= 0.3 is 5.97 Å². The van der Waals surface area contributed by atoms with E-state index in [-0.39, 0.29) is 0 Å². The van der Waals surface area contributed by atoms with Crippen molar-refractivity contribution in [3.8, 4) is 0 Å². The molecule has 0 unspecified atom stereocenters. The van der Waals surface area contributed by atoms with E-state index in [9.17, 15) is 4.79 Å². The number of anilines is 1. The zero-order valence-corrected chi connectivity index (χ0v) is 12.8. The number of carbonyl (C=O) groups is 1. The number of aliphatic carboxylic acids is 1. The average molecular weight is 324 g/mol. The molecule has 0 fully saturated rings. The minimum absolute atomic E-state index is 0.813. The van der Waals surface area contributed by atoms with Crippen LogP contribution in [-0.4, -0.2) is 24.2 Å². The molecule has 0 saturated heterocycles. The lowest BCUT2D eigenvalue weighted by Crippen LogP contribution is -2.24. The Bertz CT molecular complexity index is 509. The topological polar surface area (TPSA) is 40.5 Å². The average Bonchev–Trinajstić information content (AvgIpc) is 2.34. The first-order chi connectivity index (χ1) is 8.93. The van der Waals surface area contributed by atoms with Gasteiger partial charge in [-0.3, -0.25) is 0 Å². The van der Waals surface area contributed by atoms with E-state index in [1.54, 1.807) is 6.08 Å². The van der Waals surface area contributed by atoms with Gasteiger partial charge in [0.15, 0.2) is 0 Å². The van der Waals surface area contributed by atoms with Gasteiger partial charge in [-0.1, -0.05) is 34.1 Å². The zero-order chi connectivity index (χ0) is 14.4. The number of likely N-dealkylation sites (N-methyl/N-ethyl adjacent to an activating group) is 1. The van der Waals surface area contributed by atoms with Gasteiger partial charge in [0, 0.05) is 29.3 Å². The summed E-state index contributed by atoms with van der Waals surface area (Å²) in [5.74, 6) is -0.951. The van der Waals surface area contributed by atoms with E-state index < -0.39 is 5.97 Å². The molecule has 0 bridgehead atoms. The maximum absolute atomic E-state index is 10.5. The van der Waals surface area contributed by atoms with E-state index in [0.29, 0.717) is 0 Å².